The van der Waals surface area contributed by atoms with E-state index in [-0.39, 0.29) is 0 Å². The zero-order valence-corrected chi connectivity index (χ0v) is 6.79. The van der Waals surface area contributed by atoms with E-state index in [2.05, 4.69) is 18.1 Å². The molecule has 1 aliphatic heterocycles. The lowest BCUT2D eigenvalue weighted by molar-refractivity contribution is 0.101. The van der Waals surface area contributed by atoms with Gasteiger partial charge in [0.25, 0.3) is 0 Å². The first-order valence-corrected chi connectivity index (χ1v) is 3.89. The Morgan fingerprint density at radius 1 is 1.55 bits per heavy atom. The normalized spacial score (nSPS) is 32.1. The highest BCUT2D eigenvalue weighted by Crippen LogP contribution is 2.21. The number of β-amino-alcohol motifs (C(OH)–C–C–N with tert-alkyl or cyclic N) is 1. The van der Waals surface area contributed by atoms with E-state index in [4.69, 9.17) is 0 Å². The summed E-state index contributed by atoms with van der Waals surface area (Å²) in [5.74, 6) is 0. The number of nitrogens with zero attached hydrogens (tertiary/aromatic N) is 1. The van der Waals surface area contributed by atoms with Crippen molar-refractivity contribution in [2.45, 2.75) is 12.0 Å². The van der Waals surface area contributed by atoms with Crippen LogP contribution in [0.4, 0.5) is 0 Å². The van der Waals surface area contributed by atoms with Crippen molar-refractivity contribution in [3.8, 4) is 0 Å². The van der Waals surface area contributed by atoms with Gasteiger partial charge in [-0.25, -0.2) is 0 Å². The molecular weight excluding hydrogens is 138 g/mol. The molecule has 0 bridgehead atoms. The third kappa shape index (κ3) is 1.91. The second-order valence-electron chi connectivity index (χ2n) is 3.08. The molecule has 1 saturated heterocycles. The Bertz CT molecular complexity index is 167. The van der Waals surface area contributed by atoms with Gasteiger partial charge in [-0.2, -0.15) is 0 Å². The summed E-state index contributed by atoms with van der Waals surface area (Å²) in [6.45, 7) is 9.75. The standard InChI is InChI=1S/C9H15NO/c1-3-6-10-7-5-9(11,4-2)8-10/h3-4,11H,1-2,5-8H2. The fourth-order valence-electron chi connectivity index (χ4n) is 1.40. The van der Waals surface area contributed by atoms with Crippen molar-refractivity contribution in [1.82, 2.24) is 4.90 Å². The van der Waals surface area contributed by atoms with Crippen LogP contribution in [0.3, 0.4) is 0 Å². The van der Waals surface area contributed by atoms with Crippen LogP contribution in [0.15, 0.2) is 25.3 Å². The second-order valence-corrected chi connectivity index (χ2v) is 3.08. The fraction of sp³-hybridized carbons (Fsp3) is 0.556. The maximum absolute atomic E-state index is 9.70. The van der Waals surface area contributed by atoms with Gasteiger partial charge >= 0.3 is 0 Å². The molecular formula is C9H15NO. The molecule has 1 rings (SSSR count). The number of rotatable bonds is 3. The third-order valence-electron chi connectivity index (χ3n) is 2.13. The molecule has 0 saturated carbocycles. The Morgan fingerprint density at radius 3 is 2.73 bits per heavy atom. The lowest BCUT2D eigenvalue weighted by atomic mass is 10.0. The molecule has 1 unspecified atom stereocenters. The lowest BCUT2D eigenvalue weighted by Gasteiger charge is -2.17. The predicted octanol–water partition coefficient (Wildman–Crippen LogP) is 0.795. The zero-order chi connectivity index (χ0) is 8.32. The zero-order valence-electron chi connectivity index (χ0n) is 6.79. The fourth-order valence-corrected chi connectivity index (χ4v) is 1.40. The van der Waals surface area contributed by atoms with Gasteiger partial charge in [0.05, 0.1) is 5.60 Å². The summed E-state index contributed by atoms with van der Waals surface area (Å²) in [6.07, 6.45) is 4.29. The summed E-state index contributed by atoms with van der Waals surface area (Å²) in [5.41, 5.74) is -0.650. The molecule has 1 fully saturated rings. The van der Waals surface area contributed by atoms with E-state index in [1.54, 1.807) is 6.08 Å². The van der Waals surface area contributed by atoms with Crippen molar-refractivity contribution in [1.29, 1.82) is 0 Å². The maximum atomic E-state index is 9.70. The van der Waals surface area contributed by atoms with E-state index < -0.39 is 5.60 Å². The van der Waals surface area contributed by atoms with Crippen LogP contribution in [0.5, 0.6) is 0 Å². The van der Waals surface area contributed by atoms with E-state index in [0.717, 1.165) is 19.5 Å². The van der Waals surface area contributed by atoms with Crippen LogP contribution in [0.25, 0.3) is 0 Å². The Morgan fingerprint density at radius 2 is 2.27 bits per heavy atom. The topological polar surface area (TPSA) is 23.5 Å². The van der Waals surface area contributed by atoms with Gasteiger partial charge < -0.3 is 5.11 Å². The third-order valence-corrected chi connectivity index (χ3v) is 2.13. The largest absolute Gasteiger partial charge is 0.384 e. The second kappa shape index (κ2) is 3.20. The molecule has 1 heterocycles. The van der Waals surface area contributed by atoms with Crippen LogP contribution < -0.4 is 0 Å². The number of hydrogen-bond donors (Lipinski definition) is 1. The van der Waals surface area contributed by atoms with E-state index in [1.165, 1.54) is 0 Å². The Labute approximate surface area is 67.8 Å². The minimum Gasteiger partial charge on any atom is -0.384 e. The van der Waals surface area contributed by atoms with Crippen LogP contribution in [0, 0.1) is 0 Å². The van der Waals surface area contributed by atoms with Gasteiger partial charge in [-0.15, -0.1) is 13.2 Å². The lowest BCUT2D eigenvalue weighted by Crippen LogP contribution is -2.30. The number of hydrogen-bond acceptors (Lipinski definition) is 2. The van der Waals surface area contributed by atoms with E-state index in [0.29, 0.717) is 6.54 Å². The highest BCUT2D eigenvalue weighted by atomic mass is 16.3. The summed E-state index contributed by atoms with van der Waals surface area (Å²) in [6, 6.07) is 0. The summed E-state index contributed by atoms with van der Waals surface area (Å²) >= 11 is 0. The molecule has 11 heavy (non-hydrogen) atoms. The van der Waals surface area contributed by atoms with Gasteiger partial charge in [-0.1, -0.05) is 12.2 Å². The maximum Gasteiger partial charge on any atom is 0.0963 e. The Balaban J connectivity index is 2.45. The Hall–Kier alpha value is -0.600. The van der Waals surface area contributed by atoms with Crippen molar-refractivity contribution in [2.75, 3.05) is 19.6 Å². The molecule has 0 aliphatic carbocycles. The van der Waals surface area contributed by atoms with Crippen LogP contribution >= 0.6 is 0 Å². The minimum absolute atomic E-state index is 0.650. The predicted molar refractivity (Wildman–Crippen MR) is 46.4 cm³/mol. The first kappa shape index (κ1) is 8.50. The smallest absolute Gasteiger partial charge is 0.0963 e. The molecule has 0 aromatic heterocycles. The molecule has 0 aromatic rings. The van der Waals surface area contributed by atoms with E-state index >= 15 is 0 Å². The van der Waals surface area contributed by atoms with Crippen molar-refractivity contribution in [2.24, 2.45) is 0 Å². The average Bonchev–Trinajstić information content (AvgIpc) is 2.35. The van der Waals surface area contributed by atoms with Crippen LogP contribution in [-0.4, -0.2) is 35.2 Å². The van der Waals surface area contributed by atoms with Crippen LogP contribution in [0.1, 0.15) is 6.42 Å². The summed E-state index contributed by atoms with van der Waals surface area (Å²) < 4.78 is 0. The summed E-state index contributed by atoms with van der Waals surface area (Å²) in [5, 5.41) is 9.70. The quantitative estimate of drug-likeness (QED) is 0.606. The number of aliphatic hydroxyl groups is 1. The molecule has 0 amide bonds. The molecule has 1 atom stereocenters. The van der Waals surface area contributed by atoms with Crippen molar-refractivity contribution < 1.29 is 5.11 Å². The summed E-state index contributed by atoms with van der Waals surface area (Å²) in [4.78, 5) is 2.16. The number of likely N-dealkylation sites (tertiary alicyclic amines) is 1. The van der Waals surface area contributed by atoms with Crippen LogP contribution in [0.2, 0.25) is 0 Å². The molecule has 0 aromatic carbocycles. The molecule has 1 aliphatic rings. The molecule has 62 valence electrons. The van der Waals surface area contributed by atoms with Crippen molar-refractivity contribution in [3.63, 3.8) is 0 Å². The first-order valence-electron chi connectivity index (χ1n) is 3.89. The van der Waals surface area contributed by atoms with E-state index in [1.807, 2.05) is 6.08 Å². The van der Waals surface area contributed by atoms with Gasteiger partial charge in [0.1, 0.15) is 0 Å². The van der Waals surface area contributed by atoms with Gasteiger partial charge in [-0.05, 0) is 6.42 Å². The van der Waals surface area contributed by atoms with Crippen LogP contribution in [-0.2, 0) is 0 Å². The van der Waals surface area contributed by atoms with Crippen molar-refractivity contribution >= 4 is 0 Å². The highest BCUT2D eigenvalue weighted by Gasteiger charge is 2.31. The van der Waals surface area contributed by atoms with Crippen molar-refractivity contribution in [3.05, 3.63) is 25.3 Å². The molecule has 0 radical (unpaired) electrons. The first-order chi connectivity index (χ1) is 5.20. The Kier molecular flexibility index (Phi) is 2.47. The van der Waals surface area contributed by atoms with Gasteiger partial charge in [0.2, 0.25) is 0 Å². The molecule has 2 nitrogen and oxygen atoms in total. The van der Waals surface area contributed by atoms with Gasteiger partial charge in [0, 0.05) is 19.6 Å². The summed E-state index contributed by atoms with van der Waals surface area (Å²) in [7, 11) is 0. The SMILES string of the molecule is C=CCN1CCC(O)(C=C)C1. The van der Waals surface area contributed by atoms with Gasteiger partial charge in [0.15, 0.2) is 0 Å². The van der Waals surface area contributed by atoms with Gasteiger partial charge in [-0.3, -0.25) is 4.90 Å². The molecule has 0 spiro atoms. The highest BCUT2D eigenvalue weighted by molar-refractivity contribution is 5.03. The monoisotopic (exact) mass is 153 g/mol. The van der Waals surface area contributed by atoms with E-state index in [9.17, 15) is 5.11 Å². The molecule has 1 N–H and O–H groups in total. The average molecular weight is 153 g/mol. The minimum atomic E-state index is -0.650. The molecule has 2 heteroatoms.